The van der Waals surface area contributed by atoms with Crippen LogP contribution in [0, 0.1) is 18.6 Å². The summed E-state index contributed by atoms with van der Waals surface area (Å²) in [5, 5.41) is 4.08. The lowest BCUT2D eigenvalue weighted by atomic mass is 10.1. The zero-order chi connectivity index (χ0) is 20.5. The van der Waals surface area contributed by atoms with Gasteiger partial charge >= 0.3 is 10.5 Å². The minimum Gasteiger partial charge on any atom is -0.489 e. The van der Waals surface area contributed by atoms with Crippen LogP contribution in [0.25, 0.3) is 11.4 Å². The number of ether oxygens (including phenoxy) is 1. The maximum absolute atomic E-state index is 14.3. The van der Waals surface area contributed by atoms with Gasteiger partial charge in [0.25, 0.3) is 0 Å². The van der Waals surface area contributed by atoms with E-state index in [9.17, 15) is 21.1 Å². The molecule has 3 rings (SSSR count). The zero-order valence-electron chi connectivity index (χ0n) is 14.7. The van der Waals surface area contributed by atoms with Gasteiger partial charge in [-0.1, -0.05) is 3.89 Å². The molecule has 1 heterocycles. The maximum Gasteiger partial charge on any atom is 0.488 e. The van der Waals surface area contributed by atoms with E-state index in [2.05, 4.69) is 14.3 Å². The lowest BCUT2D eigenvalue weighted by molar-refractivity contribution is 0.292. The SMILES string of the molecule is Cc1nc(-c2cc(F)c(COc3ccc(OS(=O)(=O)F)cc3)c(F)c2)nn1C. The molecular weight excluding hydrogens is 399 g/mol. The van der Waals surface area contributed by atoms with Crippen molar-refractivity contribution in [2.24, 2.45) is 7.05 Å². The van der Waals surface area contributed by atoms with Crippen molar-refractivity contribution in [3.8, 4) is 22.9 Å². The third-order valence-electron chi connectivity index (χ3n) is 3.78. The van der Waals surface area contributed by atoms with E-state index >= 15 is 0 Å². The van der Waals surface area contributed by atoms with E-state index in [1.165, 1.54) is 16.8 Å². The molecular formula is C17H14F3N3O4S. The average Bonchev–Trinajstić information content (AvgIpc) is 2.93. The fourth-order valence-electron chi connectivity index (χ4n) is 2.32. The Bertz CT molecular complexity index is 1070. The fraction of sp³-hybridized carbons (Fsp3) is 0.176. The van der Waals surface area contributed by atoms with Gasteiger partial charge in [-0.15, -0.1) is 0 Å². The van der Waals surface area contributed by atoms with Gasteiger partial charge in [-0.05, 0) is 43.3 Å². The van der Waals surface area contributed by atoms with E-state index in [-0.39, 0.29) is 28.5 Å². The number of nitrogens with zero attached hydrogens (tertiary/aromatic N) is 3. The molecule has 0 unspecified atom stereocenters. The van der Waals surface area contributed by atoms with Crippen molar-refractivity contribution in [3.05, 3.63) is 59.4 Å². The first-order valence-electron chi connectivity index (χ1n) is 7.85. The number of hydrogen-bond acceptors (Lipinski definition) is 6. The van der Waals surface area contributed by atoms with Crippen molar-refractivity contribution in [1.82, 2.24) is 14.8 Å². The van der Waals surface area contributed by atoms with E-state index in [0.29, 0.717) is 5.82 Å². The second-order valence-corrected chi connectivity index (χ2v) is 6.71. The van der Waals surface area contributed by atoms with Crippen molar-refractivity contribution in [3.63, 3.8) is 0 Å². The summed E-state index contributed by atoms with van der Waals surface area (Å²) in [7, 11) is -3.47. The number of hydrogen-bond donors (Lipinski definition) is 0. The van der Waals surface area contributed by atoms with E-state index in [4.69, 9.17) is 4.74 Å². The molecule has 0 spiro atoms. The smallest absolute Gasteiger partial charge is 0.488 e. The number of halogens is 3. The number of rotatable bonds is 6. The molecule has 7 nitrogen and oxygen atoms in total. The van der Waals surface area contributed by atoms with Crippen LogP contribution in [0.15, 0.2) is 36.4 Å². The first-order valence-corrected chi connectivity index (χ1v) is 9.16. The molecule has 148 valence electrons. The Balaban J connectivity index is 1.74. The number of aryl methyl sites for hydroxylation is 2. The molecule has 0 N–H and O–H groups in total. The highest BCUT2D eigenvalue weighted by molar-refractivity contribution is 7.81. The molecule has 0 fully saturated rings. The molecule has 0 amide bonds. The highest BCUT2D eigenvalue weighted by Crippen LogP contribution is 2.25. The van der Waals surface area contributed by atoms with Gasteiger partial charge in [-0.3, -0.25) is 4.68 Å². The molecule has 0 saturated carbocycles. The highest BCUT2D eigenvalue weighted by Gasteiger charge is 2.16. The third kappa shape index (κ3) is 4.60. The topological polar surface area (TPSA) is 83.3 Å². The summed E-state index contributed by atoms with van der Waals surface area (Å²) < 4.78 is 72.8. The zero-order valence-corrected chi connectivity index (χ0v) is 15.5. The molecule has 0 bridgehead atoms. The van der Waals surface area contributed by atoms with E-state index in [1.54, 1.807) is 14.0 Å². The fourth-order valence-corrected chi connectivity index (χ4v) is 2.66. The summed E-state index contributed by atoms with van der Waals surface area (Å²) in [5.74, 6) is -0.963. The second-order valence-electron chi connectivity index (χ2n) is 5.76. The monoisotopic (exact) mass is 413 g/mol. The summed E-state index contributed by atoms with van der Waals surface area (Å²) >= 11 is 0. The van der Waals surface area contributed by atoms with Crippen LogP contribution in [0.2, 0.25) is 0 Å². The molecule has 11 heteroatoms. The van der Waals surface area contributed by atoms with Gasteiger partial charge in [0.15, 0.2) is 5.82 Å². The molecule has 0 aliphatic carbocycles. The van der Waals surface area contributed by atoms with Crippen LogP contribution in [0.1, 0.15) is 11.4 Å². The first-order chi connectivity index (χ1) is 13.1. The second kappa shape index (κ2) is 7.50. The Hall–Kier alpha value is -3.08. The molecule has 0 radical (unpaired) electrons. The van der Waals surface area contributed by atoms with E-state index in [0.717, 1.165) is 24.3 Å². The minimum absolute atomic E-state index is 0.175. The summed E-state index contributed by atoms with van der Waals surface area (Å²) in [6, 6.07) is 7.03. The van der Waals surface area contributed by atoms with Crippen LogP contribution >= 0.6 is 0 Å². The first kappa shape index (κ1) is 19.7. The third-order valence-corrected chi connectivity index (χ3v) is 4.17. The summed E-state index contributed by atoms with van der Waals surface area (Å²) in [4.78, 5) is 4.13. The summed E-state index contributed by atoms with van der Waals surface area (Å²) in [5.41, 5.74) is -0.112. The van der Waals surface area contributed by atoms with Crippen molar-refractivity contribution >= 4 is 10.5 Å². The number of benzene rings is 2. The van der Waals surface area contributed by atoms with Crippen LogP contribution in [0.4, 0.5) is 12.7 Å². The van der Waals surface area contributed by atoms with Gasteiger partial charge in [-0.2, -0.15) is 13.5 Å². The molecule has 1 aromatic heterocycles. The standard InChI is InChI=1S/C17H14F3N3O4S/c1-10-21-17(22-23(10)2)11-7-15(18)14(16(19)8-11)9-26-12-3-5-13(6-4-12)27-28(20,24)25/h3-8H,9H2,1-2H3. The molecule has 0 saturated heterocycles. The van der Waals surface area contributed by atoms with Crippen molar-refractivity contribution < 1.29 is 30.0 Å². The van der Waals surface area contributed by atoms with Gasteiger partial charge < -0.3 is 8.92 Å². The Labute approximate surface area is 158 Å². The Morgan fingerprint density at radius 2 is 1.64 bits per heavy atom. The predicted octanol–water partition coefficient (Wildman–Crippen LogP) is 3.24. The van der Waals surface area contributed by atoms with Gasteiger partial charge in [-0.25, -0.2) is 13.8 Å². The Morgan fingerprint density at radius 3 is 2.14 bits per heavy atom. The molecule has 0 atom stereocenters. The molecule has 3 aromatic rings. The lowest BCUT2D eigenvalue weighted by Gasteiger charge is -2.10. The summed E-state index contributed by atoms with van der Waals surface area (Å²) in [6.07, 6.45) is 0. The number of aromatic nitrogens is 3. The van der Waals surface area contributed by atoms with Gasteiger partial charge in [0.05, 0.1) is 5.56 Å². The van der Waals surface area contributed by atoms with Crippen LogP contribution in [0.3, 0.4) is 0 Å². The van der Waals surface area contributed by atoms with E-state index < -0.39 is 28.7 Å². The van der Waals surface area contributed by atoms with Crippen LogP contribution < -0.4 is 8.92 Å². The molecule has 0 aliphatic rings. The normalized spacial score (nSPS) is 11.5. The Kier molecular flexibility index (Phi) is 5.27. The molecule has 28 heavy (non-hydrogen) atoms. The largest absolute Gasteiger partial charge is 0.489 e. The van der Waals surface area contributed by atoms with Gasteiger partial charge in [0.2, 0.25) is 0 Å². The minimum atomic E-state index is -5.14. The molecule has 0 aliphatic heterocycles. The average molecular weight is 413 g/mol. The van der Waals surface area contributed by atoms with Crippen molar-refractivity contribution in [2.75, 3.05) is 0 Å². The van der Waals surface area contributed by atoms with Crippen LogP contribution in [-0.2, 0) is 24.2 Å². The van der Waals surface area contributed by atoms with Gasteiger partial charge in [0, 0.05) is 12.6 Å². The Morgan fingerprint density at radius 1 is 1.07 bits per heavy atom. The highest BCUT2D eigenvalue weighted by atomic mass is 32.3. The quantitative estimate of drug-likeness (QED) is 0.577. The van der Waals surface area contributed by atoms with Crippen LogP contribution in [-0.4, -0.2) is 23.2 Å². The summed E-state index contributed by atoms with van der Waals surface area (Å²) in [6.45, 7) is 1.29. The van der Waals surface area contributed by atoms with Gasteiger partial charge in [0.1, 0.15) is 35.6 Å². The van der Waals surface area contributed by atoms with Crippen LogP contribution in [0.5, 0.6) is 11.5 Å². The lowest BCUT2D eigenvalue weighted by Crippen LogP contribution is -2.04. The predicted molar refractivity (Wildman–Crippen MR) is 92.5 cm³/mol. The molecule has 2 aromatic carbocycles. The van der Waals surface area contributed by atoms with Crippen molar-refractivity contribution in [1.29, 1.82) is 0 Å². The van der Waals surface area contributed by atoms with Crippen molar-refractivity contribution in [2.45, 2.75) is 13.5 Å². The maximum atomic E-state index is 14.3. The van der Waals surface area contributed by atoms with E-state index in [1.807, 2.05) is 0 Å².